The van der Waals surface area contributed by atoms with Gasteiger partial charge in [0.15, 0.2) is 11.2 Å². The maximum absolute atomic E-state index is 14.4. The van der Waals surface area contributed by atoms with Crippen LogP contribution >= 0.6 is 23.2 Å². The molecule has 3 heterocycles. The first-order valence-corrected chi connectivity index (χ1v) is 13.4. The number of aromatic nitrogens is 2. The Hall–Kier alpha value is -3.09. The van der Waals surface area contributed by atoms with Gasteiger partial charge in [-0.1, -0.05) is 43.6 Å². The van der Waals surface area contributed by atoms with Crippen molar-refractivity contribution in [3.8, 4) is 5.69 Å². The van der Waals surface area contributed by atoms with Crippen molar-refractivity contribution in [2.75, 3.05) is 4.90 Å². The van der Waals surface area contributed by atoms with Crippen LogP contribution in [-0.2, 0) is 10.3 Å². The van der Waals surface area contributed by atoms with E-state index in [-0.39, 0.29) is 23.1 Å². The quantitative estimate of drug-likeness (QED) is 0.401. The molecule has 3 aromatic rings. The Kier molecular flexibility index (Phi) is 5.55. The highest BCUT2D eigenvalue weighted by Gasteiger charge is 2.65. The molecule has 2 atom stereocenters. The average molecular weight is 535 g/mol. The molecule has 0 bridgehead atoms. The number of hydrogen-bond acceptors (Lipinski definition) is 3. The fourth-order valence-electron chi connectivity index (χ4n) is 6.20. The van der Waals surface area contributed by atoms with Gasteiger partial charge in [-0.25, -0.2) is 4.68 Å². The van der Waals surface area contributed by atoms with Gasteiger partial charge in [0.05, 0.1) is 17.1 Å². The number of carbonyl (C=O) groups excluding carboxylic acids is 2. The lowest BCUT2D eigenvalue weighted by molar-refractivity contribution is -0.123. The maximum Gasteiger partial charge on any atom is 0.280 e. The molecule has 8 heteroatoms. The van der Waals surface area contributed by atoms with Crippen molar-refractivity contribution in [2.45, 2.75) is 63.8 Å². The second-order valence-corrected chi connectivity index (χ2v) is 11.6. The summed E-state index contributed by atoms with van der Waals surface area (Å²) >= 11 is 13.0. The van der Waals surface area contributed by atoms with Gasteiger partial charge in [0.2, 0.25) is 0 Å². The monoisotopic (exact) mass is 534 g/mol. The van der Waals surface area contributed by atoms with Crippen molar-refractivity contribution < 1.29 is 9.59 Å². The molecule has 2 aliphatic heterocycles. The third-order valence-electron chi connectivity index (χ3n) is 7.76. The van der Waals surface area contributed by atoms with E-state index in [0.717, 1.165) is 40.2 Å². The number of fused-ring (bicyclic) bond motifs is 3. The van der Waals surface area contributed by atoms with E-state index in [9.17, 15) is 9.59 Å². The lowest BCUT2D eigenvalue weighted by atomic mass is 9.77. The molecule has 1 aliphatic carbocycles. The molecule has 1 spiro atoms. The summed E-state index contributed by atoms with van der Waals surface area (Å²) in [5.41, 5.74) is 5.64. The van der Waals surface area contributed by atoms with Crippen LogP contribution in [0, 0.1) is 13.8 Å². The van der Waals surface area contributed by atoms with Crippen LogP contribution < -0.4 is 10.2 Å². The zero-order chi connectivity index (χ0) is 26.2. The Labute approximate surface area is 226 Å². The van der Waals surface area contributed by atoms with Gasteiger partial charge in [0.1, 0.15) is 0 Å². The molecule has 0 saturated carbocycles. The van der Waals surface area contributed by atoms with E-state index < -0.39 is 5.54 Å². The Bertz CT molecular complexity index is 1520. The van der Waals surface area contributed by atoms with E-state index in [1.165, 1.54) is 0 Å². The molecule has 190 valence electrons. The van der Waals surface area contributed by atoms with E-state index in [4.69, 9.17) is 28.3 Å². The van der Waals surface area contributed by atoms with Crippen LogP contribution in [0.1, 0.15) is 71.9 Å². The molecule has 37 heavy (non-hydrogen) atoms. The molecule has 2 aromatic carbocycles. The fourth-order valence-corrected chi connectivity index (χ4v) is 6.63. The topological polar surface area (TPSA) is 67.2 Å². The SMILES string of the molecule is Cc1cccc(-n2nc3c(c2C(C)C)C2(C(=O)NC4=C2CCC(Cl)C4)N(c2cc(Cl)ccc2C)C3=O)c1. The van der Waals surface area contributed by atoms with E-state index in [2.05, 4.69) is 19.2 Å². The predicted molar refractivity (Wildman–Crippen MR) is 146 cm³/mol. The van der Waals surface area contributed by atoms with Gasteiger partial charge in [-0.2, -0.15) is 5.10 Å². The van der Waals surface area contributed by atoms with E-state index in [1.807, 2.05) is 48.9 Å². The molecular weight excluding hydrogens is 507 g/mol. The third-order valence-corrected chi connectivity index (χ3v) is 8.36. The van der Waals surface area contributed by atoms with Gasteiger partial charge in [0, 0.05) is 28.1 Å². The fraction of sp³-hybridized carbons (Fsp3) is 0.345. The summed E-state index contributed by atoms with van der Waals surface area (Å²) in [4.78, 5) is 30.3. The van der Waals surface area contributed by atoms with Crippen molar-refractivity contribution in [3.05, 3.63) is 86.8 Å². The second kappa shape index (κ2) is 8.47. The normalized spacial score (nSPS) is 22.8. The van der Waals surface area contributed by atoms with Crippen molar-refractivity contribution >= 4 is 40.7 Å². The van der Waals surface area contributed by atoms with Gasteiger partial charge in [-0.15, -0.1) is 11.6 Å². The first-order chi connectivity index (χ1) is 17.6. The van der Waals surface area contributed by atoms with Crippen LogP contribution in [0.5, 0.6) is 0 Å². The van der Waals surface area contributed by atoms with E-state index in [1.54, 1.807) is 17.0 Å². The molecule has 0 fully saturated rings. The largest absolute Gasteiger partial charge is 0.327 e. The summed E-state index contributed by atoms with van der Waals surface area (Å²) in [6, 6.07) is 13.5. The van der Waals surface area contributed by atoms with Crippen LogP contribution in [0.2, 0.25) is 5.02 Å². The molecule has 2 amide bonds. The summed E-state index contributed by atoms with van der Waals surface area (Å²) in [5, 5.41) is 8.47. The number of halogens is 2. The highest BCUT2D eigenvalue weighted by molar-refractivity contribution is 6.31. The number of amides is 2. The summed E-state index contributed by atoms with van der Waals surface area (Å²) in [6.07, 6.45) is 1.89. The number of anilines is 1. The zero-order valence-corrected chi connectivity index (χ0v) is 22.7. The van der Waals surface area contributed by atoms with Crippen molar-refractivity contribution in [3.63, 3.8) is 0 Å². The van der Waals surface area contributed by atoms with Gasteiger partial charge >= 0.3 is 0 Å². The summed E-state index contributed by atoms with van der Waals surface area (Å²) < 4.78 is 1.85. The summed E-state index contributed by atoms with van der Waals surface area (Å²) in [6.45, 7) is 8.11. The van der Waals surface area contributed by atoms with Gasteiger partial charge in [0.25, 0.3) is 11.8 Å². The number of nitrogens with one attached hydrogen (secondary N) is 1. The zero-order valence-electron chi connectivity index (χ0n) is 21.2. The number of alkyl halides is 1. The highest BCUT2D eigenvalue weighted by Crippen LogP contribution is 2.56. The summed E-state index contributed by atoms with van der Waals surface area (Å²) in [5.74, 6) is -0.547. The van der Waals surface area contributed by atoms with Crippen LogP contribution in [0.15, 0.2) is 53.7 Å². The Morgan fingerprint density at radius 2 is 1.92 bits per heavy atom. The van der Waals surface area contributed by atoms with Crippen molar-refractivity contribution in [1.82, 2.24) is 15.1 Å². The number of allylic oxidation sites excluding steroid dienone is 1. The molecule has 6 rings (SSSR count). The van der Waals surface area contributed by atoms with Crippen LogP contribution in [0.3, 0.4) is 0 Å². The van der Waals surface area contributed by atoms with Crippen LogP contribution in [0.4, 0.5) is 5.69 Å². The minimum Gasteiger partial charge on any atom is -0.327 e. The number of rotatable bonds is 3. The molecule has 1 aromatic heterocycles. The van der Waals surface area contributed by atoms with Gasteiger partial charge in [-0.3, -0.25) is 14.5 Å². The number of hydrogen-bond donors (Lipinski definition) is 1. The van der Waals surface area contributed by atoms with Crippen LogP contribution in [0.25, 0.3) is 5.69 Å². The number of benzene rings is 2. The Morgan fingerprint density at radius 1 is 1.14 bits per heavy atom. The molecule has 1 N–H and O–H groups in total. The summed E-state index contributed by atoms with van der Waals surface area (Å²) in [7, 11) is 0. The molecule has 0 radical (unpaired) electrons. The predicted octanol–water partition coefficient (Wildman–Crippen LogP) is 6.30. The van der Waals surface area contributed by atoms with E-state index in [0.29, 0.717) is 34.8 Å². The molecule has 0 saturated heterocycles. The van der Waals surface area contributed by atoms with Crippen LogP contribution in [-0.4, -0.2) is 27.0 Å². The van der Waals surface area contributed by atoms with Gasteiger partial charge in [-0.05, 0) is 73.6 Å². The molecule has 2 unspecified atom stereocenters. The highest BCUT2D eigenvalue weighted by atomic mass is 35.5. The lowest BCUT2D eigenvalue weighted by Gasteiger charge is -2.38. The average Bonchev–Trinajstić information content (AvgIpc) is 3.45. The molecule has 3 aliphatic rings. The lowest BCUT2D eigenvalue weighted by Crippen LogP contribution is -2.52. The smallest absolute Gasteiger partial charge is 0.280 e. The molecule has 6 nitrogen and oxygen atoms in total. The molecular formula is C29H28Cl2N4O2. The maximum atomic E-state index is 14.4. The van der Waals surface area contributed by atoms with Crippen molar-refractivity contribution in [2.24, 2.45) is 0 Å². The Morgan fingerprint density at radius 3 is 2.65 bits per heavy atom. The first kappa shape index (κ1) is 24.3. The van der Waals surface area contributed by atoms with Gasteiger partial charge < -0.3 is 5.32 Å². The number of nitrogens with zero attached hydrogens (tertiary/aromatic N) is 3. The number of aryl methyl sites for hydroxylation is 2. The van der Waals surface area contributed by atoms with Crippen molar-refractivity contribution in [1.29, 1.82) is 0 Å². The third kappa shape index (κ3) is 3.35. The minimum atomic E-state index is -1.34. The minimum absolute atomic E-state index is 0.0105. The first-order valence-electron chi connectivity index (χ1n) is 12.6. The standard InChI is InChI=1S/C29H28Cl2N4O2/c1-15(2)26-24-25(33-35(26)20-7-5-6-16(3)12-20)27(36)34(23-14-19(31)9-8-17(23)4)29(24)21-11-10-18(30)13-22(21)32-28(29)37/h5-9,12,14-15,18H,10-11,13H2,1-4H3,(H,32,37). The number of carbonyl (C=O) groups is 2. The Balaban J connectivity index is 1.71. The van der Waals surface area contributed by atoms with E-state index >= 15 is 0 Å². The second-order valence-electron chi connectivity index (χ2n) is 10.5.